The van der Waals surface area contributed by atoms with Gasteiger partial charge in [0.1, 0.15) is 6.23 Å². The van der Waals surface area contributed by atoms with E-state index in [0.717, 1.165) is 13.1 Å². The summed E-state index contributed by atoms with van der Waals surface area (Å²) in [6.45, 7) is 3.42. The summed E-state index contributed by atoms with van der Waals surface area (Å²) < 4.78 is 8.88. The maximum atomic E-state index is 8.89. The Morgan fingerprint density at radius 2 is 2.00 bits per heavy atom. The molecule has 13 heavy (non-hydrogen) atoms. The third-order valence-electron chi connectivity index (χ3n) is 1.20. The highest BCUT2D eigenvalue weighted by molar-refractivity contribution is 7.45. The van der Waals surface area contributed by atoms with Crippen molar-refractivity contribution in [2.24, 2.45) is 4.99 Å². The maximum absolute atomic E-state index is 8.89. The summed E-state index contributed by atoms with van der Waals surface area (Å²) in [5, 5.41) is 8.89. The third kappa shape index (κ3) is 9.45. The Kier molecular flexibility index (Phi) is 5.12. The van der Waals surface area contributed by atoms with Gasteiger partial charge in [-0.1, -0.05) is 0 Å². The van der Waals surface area contributed by atoms with Gasteiger partial charge in [-0.3, -0.25) is 4.99 Å². The van der Waals surface area contributed by atoms with Crippen molar-refractivity contribution in [1.82, 2.24) is 4.90 Å². The molecule has 4 N–H and O–H groups in total. The molecule has 0 amide bonds. The molecule has 0 bridgehead atoms. The van der Waals surface area contributed by atoms with E-state index in [1.807, 2.05) is 0 Å². The van der Waals surface area contributed by atoms with E-state index in [4.69, 9.17) is 24.4 Å². The normalized spacial score (nSPS) is 18.1. The smallest absolute Gasteiger partial charge is 0.374 e. The van der Waals surface area contributed by atoms with E-state index < -0.39 is 7.82 Å². The molecular formula is C5H13N2O5P. The van der Waals surface area contributed by atoms with Crippen LogP contribution >= 0.6 is 7.82 Å². The molecular weight excluding hydrogens is 199 g/mol. The molecule has 0 saturated carbocycles. The van der Waals surface area contributed by atoms with Crippen LogP contribution in [0.1, 0.15) is 6.92 Å². The SMILES string of the molecule is CC(O)N1C=NCC1.O=P(O)(O)O. The molecule has 0 spiro atoms. The first kappa shape index (κ1) is 12.5. The molecule has 1 aliphatic heterocycles. The molecule has 1 atom stereocenters. The lowest BCUT2D eigenvalue weighted by Gasteiger charge is -2.16. The lowest BCUT2D eigenvalue weighted by molar-refractivity contribution is 0.0814. The molecule has 0 aromatic heterocycles. The van der Waals surface area contributed by atoms with E-state index in [1.54, 1.807) is 18.2 Å². The number of aliphatic imine (C=N–C) groups is 1. The average Bonchev–Trinajstić information content (AvgIpc) is 2.31. The van der Waals surface area contributed by atoms with Crippen molar-refractivity contribution in [3.8, 4) is 0 Å². The standard InChI is InChI=1S/C5H10N2O.H3O4P/c1-5(8)7-3-2-6-4-7;1-5(2,3)4/h4-5,8H,2-3H2,1H3;(H3,1,2,3,4). The highest BCUT2D eigenvalue weighted by Crippen LogP contribution is 2.25. The monoisotopic (exact) mass is 212 g/mol. The van der Waals surface area contributed by atoms with Crippen molar-refractivity contribution in [2.75, 3.05) is 13.1 Å². The van der Waals surface area contributed by atoms with Gasteiger partial charge in [0.15, 0.2) is 0 Å². The highest BCUT2D eigenvalue weighted by atomic mass is 31.2. The van der Waals surface area contributed by atoms with Gasteiger partial charge in [-0.2, -0.15) is 0 Å². The Balaban J connectivity index is 0.000000252. The lowest BCUT2D eigenvalue weighted by atomic mass is 10.5. The topological polar surface area (TPSA) is 114 Å². The zero-order valence-electron chi connectivity index (χ0n) is 7.11. The van der Waals surface area contributed by atoms with Crippen molar-refractivity contribution >= 4 is 14.2 Å². The first-order valence-corrected chi connectivity index (χ1v) is 5.09. The molecule has 0 aliphatic carbocycles. The van der Waals surface area contributed by atoms with Crippen LogP contribution < -0.4 is 0 Å². The van der Waals surface area contributed by atoms with Crippen molar-refractivity contribution in [1.29, 1.82) is 0 Å². The van der Waals surface area contributed by atoms with Crippen LogP contribution in [0.5, 0.6) is 0 Å². The second-order valence-corrected chi connectivity index (χ2v) is 3.43. The molecule has 78 valence electrons. The Hall–Kier alpha value is -0.460. The van der Waals surface area contributed by atoms with Crippen LogP contribution in [0.4, 0.5) is 0 Å². The molecule has 1 aliphatic rings. The molecule has 0 saturated heterocycles. The zero-order chi connectivity index (χ0) is 10.5. The Labute approximate surface area is 75.6 Å². The van der Waals surface area contributed by atoms with Crippen LogP contribution in [0.2, 0.25) is 0 Å². The molecule has 1 rings (SSSR count). The van der Waals surface area contributed by atoms with Gasteiger partial charge in [-0.15, -0.1) is 0 Å². The molecule has 0 aromatic carbocycles. The van der Waals surface area contributed by atoms with E-state index >= 15 is 0 Å². The van der Waals surface area contributed by atoms with Crippen molar-refractivity contribution in [2.45, 2.75) is 13.2 Å². The number of aliphatic hydroxyl groups is 1. The quantitative estimate of drug-likeness (QED) is 0.403. The fourth-order valence-corrected chi connectivity index (χ4v) is 0.677. The summed E-state index contributed by atoms with van der Waals surface area (Å²) >= 11 is 0. The summed E-state index contributed by atoms with van der Waals surface area (Å²) in [7, 11) is -4.64. The van der Waals surface area contributed by atoms with Gasteiger partial charge in [0.25, 0.3) is 0 Å². The summed E-state index contributed by atoms with van der Waals surface area (Å²) in [6.07, 6.45) is 1.31. The second kappa shape index (κ2) is 5.31. The highest BCUT2D eigenvalue weighted by Gasteiger charge is 2.08. The van der Waals surface area contributed by atoms with E-state index in [9.17, 15) is 0 Å². The summed E-state index contributed by atoms with van der Waals surface area (Å²) in [4.78, 5) is 27.3. The lowest BCUT2D eigenvalue weighted by Crippen LogP contribution is -2.29. The maximum Gasteiger partial charge on any atom is 0.466 e. The Morgan fingerprint density at radius 1 is 1.54 bits per heavy atom. The summed E-state index contributed by atoms with van der Waals surface area (Å²) in [5.74, 6) is 0. The molecule has 0 fully saturated rings. The van der Waals surface area contributed by atoms with E-state index in [1.165, 1.54) is 0 Å². The van der Waals surface area contributed by atoms with E-state index in [-0.39, 0.29) is 6.23 Å². The number of nitrogens with zero attached hydrogens (tertiary/aromatic N) is 2. The summed E-state index contributed by atoms with van der Waals surface area (Å²) in [6, 6.07) is 0. The van der Waals surface area contributed by atoms with Crippen molar-refractivity contribution < 1.29 is 24.4 Å². The minimum absolute atomic E-state index is 0.374. The molecule has 0 aromatic rings. The van der Waals surface area contributed by atoms with Crippen LogP contribution in [0.3, 0.4) is 0 Å². The number of phosphoric acid groups is 1. The van der Waals surface area contributed by atoms with E-state index in [2.05, 4.69) is 4.99 Å². The number of rotatable bonds is 1. The molecule has 7 nitrogen and oxygen atoms in total. The molecule has 1 heterocycles. The van der Waals surface area contributed by atoms with Gasteiger partial charge in [-0.25, -0.2) is 4.57 Å². The minimum atomic E-state index is -4.64. The number of aliphatic hydroxyl groups excluding tert-OH is 1. The van der Waals surface area contributed by atoms with E-state index in [0.29, 0.717) is 0 Å². The molecule has 0 radical (unpaired) electrons. The first-order valence-electron chi connectivity index (χ1n) is 3.53. The number of hydrogen-bond acceptors (Lipinski definition) is 4. The predicted molar refractivity (Wildman–Crippen MR) is 46.0 cm³/mol. The van der Waals surface area contributed by atoms with Gasteiger partial charge in [0.05, 0.1) is 12.9 Å². The Morgan fingerprint density at radius 3 is 2.15 bits per heavy atom. The predicted octanol–water partition coefficient (Wildman–Crippen LogP) is -1.26. The van der Waals surface area contributed by atoms with Gasteiger partial charge in [0, 0.05) is 6.54 Å². The Bertz CT molecular complexity index is 205. The van der Waals surface area contributed by atoms with Gasteiger partial charge >= 0.3 is 7.82 Å². The van der Waals surface area contributed by atoms with Crippen LogP contribution in [0.25, 0.3) is 0 Å². The zero-order valence-corrected chi connectivity index (χ0v) is 8.00. The average molecular weight is 212 g/mol. The fourth-order valence-electron chi connectivity index (χ4n) is 0.677. The number of hydrogen-bond donors (Lipinski definition) is 4. The minimum Gasteiger partial charge on any atom is -0.374 e. The van der Waals surface area contributed by atoms with Crippen LogP contribution in [0.15, 0.2) is 4.99 Å². The van der Waals surface area contributed by atoms with Gasteiger partial charge < -0.3 is 24.7 Å². The van der Waals surface area contributed by atoms with Crippen LogP contribution in [-0.4, -0.2) is 50.3 Å². The van der Waals surface area contributed by atoms with Crippen molar-refractivity contribution in [3.63, 3.8) is 0 Å². The van der Waals surface area contributed by atoms with Crippen molar-refractivity contribution in [3.05, 3.63) is 0 Å². The van der Waals surface area contributed by atoms with Gasteiger partial charge in [0.2, 0.25) is 0 Å². The molecule has 1 unspecified atom stereocenters. The largest absolute Gasteiger partial charge is 0.466 e. The van der Waals surface area contributed by atoms with Gasteiger partial charge in [-0.05, 0) is 6.92 Å². The molecule has 8 heteroatoms. The first-order chi connectivity index (χ1) is 5.80. The fraction of sp³-hybridized carbons (Fsp3) is 0.800. The van der Waals surface area contributed by atoms with Crippen LogP contribution in [-0.2, 0) is 4.57 Å². The van der Waals surface area contributed by atoms with Crippen LogP contribution in [0, 0.1) is 0 Å². The second-order valence-electron chi connectivity index (χ2n) is 2.40. The summed E-state index contributed by atoms with van der Waals surface area (Å²) in [5.41, 5.74) is 0. The third-order valence-corrected chi connectivity index (χ3v) is 1.20.